The Kier molecular flexibility index (Phi) is 5.80. The smallest absolute Gasteiger partial charge is 0.305 e. The molecule has 3 amide bonds. The van der Waals surface area contributed by atoms with Gasteiger partial charge >= 0.3 is 5.91 Å². The molecule has 4 rings (SSSR count). The standard InChI is InChI=1S/C21H19N3O5S/c25-19(13-6-7-13)22-18-11-10-17(30-18)21(27)24-23-20(26)16-9-8-15(29-16)12-28-14-4-2-1-3-5-14/h1-5,8-11,13H,6-7,12H2,(H,22,25)(H,23,26)(H,24,27). The molecule has 1 aliphatic carbocycles. The molecule has 1 aliphatic rings. The van der Waals surface area contributed by atoms with Crippen molar-refractivity contribution in [3.05, 3.63) is 71.0 Å². The van der Waals surface area contributed by atoms with Crippen LogP contribution in [0.1, 0.15) is 38.8 Å². The minimum atomic E-state index is -0.590. The Bertz CT molecular complexity index is 1060. The Hall–Kier alpha value is -3.59. The molecule has 0 unspecified atom stereocenters. The van der Waals surface area contributed by atoms with Gasteiger partial charge < -0.3 is 14.5 Å². The molecule has 0 atom stereocenters. The van der Waals surface area contributed by atoms with Crippen molar-refractivity contribution in [3.8, 4) is 5.75 Å². The topological polar surface area (TPSA) is 110 Å². The number of hydrogen-bond donors (Lipinski definition) is 3. The molecule has 0 spiro atoms. The highest BCUT2D eigenvalue weighted by atomic mass is 32.1. The lowest BCUT2D eigenvalue weighted by Gasteiger charge is -2.05. The van der Waals surface area contributed by atoms with Crippen LogP contribution in [-0.4, -0.2) is 17.7 Å². The molecule has 154 valence electrons. The zero-order chi connectivity index (χ0) is 20.9. The highest BCUT2D eigenvalue weighted by Gasteiger charge is 2.29. The maximum absolute atomic E-state index is 12.2. The van der Waals surface area contributed by atoms with E-state index in [-0.39, 0.29) is 24.2 Å². The molecule has 1 fully saturated rings. The van der Waals surface area contributed by atoms with Gasteiger partial charge in [-0.1, -0.05) is 18.2 Å². The number of thiophene rings is 1. The van der Waals surface area contributed by atoms with E-state index in [1.165, 1.54) is 6.07 Å². The number of hydrazine groups is 1. The van der Waals surface area contributed by atoms with Crippen molar-refractivity contribution in [2.75, 3.05) is 5.32 Å². The molecule has 8 nitrogen and oxygen atoms in total. The van der Waals surface area contributed by atoms with Crippen molar-refractivity contribution in [2.45, 2.75) is 19.4 Å². The predicted molar refractivity (Wildman–Crippen MR) is 110 cm³/mol. The molecule has 2 heterocycles. The van der Waals surface area contributed by atoms with Crippen LogP contribution >= 0.6 is 11.3 Å². The number of benzene rings is 1. The molecule has 0 bridgehead atoms. The van der Waals surface area contributed by atoms with E-state index < -0.39 is 11.8 Å². The minimum Gasteiger partial charge on any atom is -0.486 e. The molecule has 9 heteroatoms. The average Bonchev–Trinajstić information content (AvgIpc) is 3.33. The first kappa shape index (κ1) is 19.7. The van der Waals surface area contributed by atoms with Gasteiger partial charge in [0.05, 0.1) is 9.88 Å². The SMILES string of the molecule is O=C(NNC(=O)c1ccc(NC(=O)C2CC2)s1)c1ccc(COc2ccccc2)o1. The predicted octanol–water partition coefficient (Wildman–Crippen LogP) is 3.34. The molecular formula is C21H19N3O5S. The van der Waals surface area contributed by atoms with Gasteiger partial charge in [-0.05, 0) is 49.2 Å². The van der Waals surface area contributed by atoms with Crippen LogP contribution in [0.4, 0.5) is 5.00 Å². The van der Waals surface area contributed by atoms with E-state index in [0.717, 1.165) is 24.2 Å². The van der Waals surface area contributed by atoms with Gasteiger partial charge in [-0.3, -0.25) is 25.2 Å². The zero-order valence-electron chi connectivity index (χ0n) is 15.8. The quantitative estimate of drug-likeness (QED) is 0.503. The van der Waals surface area contributed by atoms with Crippen molar-refractivity contribution < 1.29 is 23.5 Å². The average molecular weight is 425 g/mol. The van der Waals surface area contributed by atoms with E-state index in [9.17, 15) is 14.4 Å². The van der Waals surface area contributed by atoms with Crippen LogP contribution in [0.5, 0.6) is 5.75 Å². The van der Waals surface area contributed by atoms with E-state index >= 15 is 0 Å². The molecule has 3 aromatic rings. The number of anilines is 1. The number of para-hydroxylation sites is 1. The van der Waals surface area contributed by atoms with Crippen LogP contribution in [0.25, 0.3) is 0 Å². The summed E-state index contributed by atoms with van der Waals surface area (Å²) in [6.45, 7) is 0.175. The lowest BCUT2D eigenvalue weighted by Crippen LogP contribution is -2.41. The molecule has 3 N–H and O–H groups in total. The third-order valence-electron chi connectivity index (χ3n) is 4.32. The Balaban J connectivity index is 1.25. The highest BCUT2D eigenvalue weighted by molar-refractivity contribution is 7.18. The summed E-state index contributed by atoms with van der Waals surface area (Å²) >= 11 is 1.14. The van der Waals surface area contributed by atoms with Gasteiger partial charge in [0.15, 0.2) is 5.76 Å². The van der Waals surface area contributed by atoms with Crippen molar-refractivity contribution in [1.29, 1.82) is 0 Å². The molecule has 1 saturated carbocycles. The fraction of sp³-hybridized carbons (Fsp3) is 0.190. The van der Waals surface area contributed by atoms with Gasteiger partial charge in [-0.25, -0.2) is 0 Å². The summed E-state index contributed by atoms with van der Waals surface area (Å²) in [5.74, 6) is 0.195. The molecule has 0 radical (unpaired) electrons. The second-order valence-electron chi connectivity index (χ2n) is 6.70. The maximum atomic E-state index is 12.2. The normalized spacial score (nSPS) is 12.8. The highest BCUT2D eigenvalue weighted by Crippen LogP contribution is 2.31. The van der Waals surface area contributed by atoms with Gasteiger partial charge in [0, 0.05) is 5.92 Å². The van der Waals surface area contributed by atoms with E-state index in [1.54, 1.807) is 18.2 Å². The molecule has 30 heavy (non-hydrogen) atoms. The maximum Gasteiger partial charge on any atom is 0.305 e. The number of rotatable bonds is 7. The Labute approximate surface area is 176 Å². The van der Waals surface area contributed by atoms with Gasteiger partial charge in [0.2, 0.25) is 5.91 Å². The summed E-state index contributed by atoms with van der Waals surface area (Å²) in [4.78, 5) is 36.5. The summed E-state index contributed by atoms with van der Waals surface area (Å²) in [5, 5.41) is 3.38. The Morgan fingerprint density at radius 1 is 0.967 bits per heavy atom. The van der Waals surface area contributed by atoms with E-state index in [4.69, 9.17) is 9.15 Å². The van der Waals surface area contributed by atoms with Crippen molar-refractivity contribution in [1.82, 2.24) is 10.9 Å². The second kappa shape index (κ2) is 8.83. The molecule has 1 aromatic carbocycles. The Morgan fingerprint density at radius 3 is 2.50 bits per heavy atom. The minimum absolute atomic E-state index is 0.0259. The van der Waals surface area contributed by atoms with Crippen molar-refractivity contribution in [3.63, 3.8) is 0 Å². The van der Waals surface area contributed by atoms with E-state index in [0.29, 0.717) is 21.4 Å². The number of hydrogen-bond acceptors (Lipinski definition) is 6. The third kappa shape index (κ3) is 5.06. The number of nitrogens with one attached hydrogen (secondary N) is 3. The summed E-state index contributed by atoms with van der Waals surface area (Å²) in [6, 6.07) is 15.6. The number of carbonyl (C=O) groups is 3. The number of ether oxygens (including phenoxy) is 1. The summed E-state index contributed by atoms with van der Waals surface area (Å²) in [6.07, 6.45) is 1.81. The molecule has 2 aromatic heterocycles. The number of furan rings is 1. The first-order chi connectivity index (χ1) is 14.6. The molecule has 0 saturated heterocycles. The largest absolute Gasteiger partial charge is 0.486 e. The molecular weight excluding hydrogens is 406 g/mol. The van der Waals surface area contributed by atoms with Crippen LogP contribution in [0.2, 0.25) is 0 Å². The van der Waals surface area contributed by atoms with Gasteiger partial charge in [0.25, 0.3) is 5.91 Å². The lowest BCUT2D eigenvalue weighted by molar-refractivity contribution is -0.117. The van der Waals surface area contributed by atoms with Crippen LogP contribution in [-0.2, 0) is 11.4 Å². The van der Waals surface area contributed by atoms with Crippen LogP contribution in [0.3, 0.4) is 0 Å². The Morgan fingerprint density at radius 2 is 1.73 bits per heavy atom. The van der Waals surface area contributed by atoms with E-state index in [1.807, 2.05) is 30.3 Å². The zero-order valence-corrected chi connectivity index (χ0v) is 16.7. The van der Waals surface area contributed by atoms with Gasteiger partial charge in [-0.15, -0.1) is 11.3 Å². The summed E-state index contributed by atoms with van der Waals surface area (Å²) in [7, 11) is 0. The second-order valence-corrected chi connectivity index (χ2v) is 7.79. The van der Waals surface area contributed by atoms with Crippen molar-refractivity contribution in [2.24, 2.45) is 5.92 Å². The van der Waals surface area contributed by atoms with Gasteiger partial charge in [0.1, 0.15) is 18.1 Å². The van der Waals surface area contributed by atoms with Crippen molar-refractivity contribution >= 4 is 34.1 Å². The fourth-order valence-electron chi connectivity index (χ4n) is 2.58. The van der Waals surface area contributed by atoms with Gasteiger partial charge in [-0.2, -0.15) is 0 Å². The lowest BCUT2D eigenvalue weighted by atomic mass is 10.3. The number of amides is 3. The number of carbonyl (C=O) groups excluding carboxylic acids is 3. The fourth-order valence-corrected chi connectivity index (χ4v) is 3.39. The first-order valence-corrected chi connectivity index (χ1v) is 10.2. The molecule has 0 aliphatic heterocycles. The summed E-state index contributed by atoms with van der Waals surface area (Å²) < 4.78 is 11.0. The third-order valence-corrected chi connectivity index (χ3v) is 5.32. The summed E-state index contributed by atoms with van der Waals surface area (Å²) in [5.41, 5.74) is 4.64. The van der Waals surface area contributed by atoms with Crippen LogP contribution in [0.15, 0.2) is 59.0 Å². The van der Waals surface area contributed by atoms with Crippen LogP contribution in [0, 0.1) is 5.92 Å². The van der Waals surface area contributed by atoms with E-state index in [2.05, 4.69) is 16.2 Å². The van der Waals surface area contributed by atoms with Crippen LogP contribution < -0.4 is 20.9 Å². The monoisotopic (exact) mass is 425 g/mol. The first-order valence-electron chi connectivity index (χ1n) is 9.36.